The van der Waals surface area contributed by atoms with Crippen molar-refractivity contribution in [3.63, 3.8) is 0 Å². The van der Waals surface area contributed by atoms with E-state index in [1.165, 1.54) is 24.5 Å². The molecule has 0 aliphatic heterocycles. The largest absolute Gasteiger partial charge is 0.391 e. The van der Waals surface area contributed by atoms with Gasteiger partial charge in [-0.25, -0.2) is 9.87 Å². The molecule has 0 bridgehead atoms. The first-order chi connectivity index (χ1) is 16.9. The summed E-state index contributed by atoms with van der Waals surface area (Å²) in [6.07, 6.45) is -1.19. The summed E-state index contributed by atoms with van der Waals surface area (Å²) in [4.78, 5) is 23.9. The van der Waals surface area contributed by atoms with E-state index in [2.05, 4.69) is 22.5 Å². The molecule has 7 nitrogen and oxygen atoms in total. The van der Waals surface area contributed by atoms with Crippen molar-refractivity contribution in [3.8, 4) is 11.8 Å². The normalized spacial score (nSPS) is 11.8. The van der Waals surface area contributed by atoms with Gasteiger partial charge in [0, 0.05) is 29.8 Å². The molecule has 3 aromatic carbocycles. The summed E-state index contributed by atoms with van der Waals surface area (Å²) in [6, 6.07) is 19.4. The Kier molecular flexibility index (Phi) is 10.8. The number of amides is 2. The predicted molar refractivity (Wildman–Crippen MR) is 135 cm³/mol. The third-order valence-electron chi connectivity index (χ3n) is 5.16. The smallest absolute Gasteiger partial charge is 0.268 e. The second-order valence-electron chi connectivity index (χ2n) is 7.93. The molecule has 0 fully saturated rings. The number of hydrogen-bond donors (Lipinski definition) is 5. The van der Waals surface area contributed by atoms with E-state index in [9.17, 15) is 19.1 Å². The Bertz CT molecular complexity index is 1220. The minimum Gasteiger partial charge on any atom is -0.391 e. The molecule has 3 rings (SSSR count). The molecular weight excluding hydrogens is 461 g/mol. The lowest BCUT2D eigenvalue weighted by Crippen LogP contribution is -2.51. The highest BCUT2D eigenvalue weighted by Gasteiger charge is 2.25. The maximum atomic E-state index is 13.2. The van der Waals surface area contributed by atoms with E-state index in [-0.39, 0.29) is 18.8 Å². The minimum atomic E-state index is -1.29. The maximum Gasteiger partial charge on any atom is 0.268 e. The zero-order chi connectivity index (χ0) is 25.2. The second kappa shape index (κ2) is 13.8. The van der Waals surface area contributed by atoms with Crippen LogP contribution in [0.25, 0.3) is 0 Å². The average molecular weight is 492 g/mol. The van der Waals surface area contributed by atoms with E-state index in [0.717, 1.165) is 16.7 Å². The summed E-state index contributed by atoms with van der Waals surface area (Å²) in [5, 5.41) is 24.0. The van der Waals surface area contributed by atoms with Crippen LogP contribution in [0.2, 0.25) is 0 Å². The fraction of sp³-hybridized carbons (Fsp3) is 0.214. The Balaban J connectivity index is 0.00000456. The molecule has 0 radical (unpaired) electrons. The number of hydrogen-bond acceptors (Lipinski definition) is 5. The van der Waals surface area contributed by atoms with Crippen molar-refractivity contribution in [2.45, 2.75) is 39.6 Å². The summed E-state index contributed by atoms with van der Waals surface area (Å²) >= 11 is 0. The highest BCUT2D eigenvalue weighted by atomic mass is 19.1. The molecule has 0 aliphatic carbocycles. The second-order valence-corrected chi connectivity index (χ2v) is 7.93. The van der Waals surface area contributed by atoms with Gasteiger partial charge in [0.25, 0.3) is 11.8 Å². The van der Waals surface area contributed by atoms with Crippen molar-refractivity contribution in [1.29, 1.82) is 0 Å². The van der Waals surface area contributed by atoms with E-state index in [0.29, 0.717) is 18.7 Å². The summed E-state index contributed by atoms with van der Waals surface area (Å²) in [7, 11) is 0. The van der Waals surface area contributed by atoms with Crippen molar-refractivity contribution in [2.75, 3.05) is 0 Å². The number of halogens is 1. The van der Waals surface area contributed by atoms with Crippen LogP contribution in [0.1, 0.15) is 47.0 Å². The molecule has 0 spiro atoms. The molecule has 8 heteroatoms. The molecule has 3 aromatic rings. The number of aliphatic hydroxyl groups excluding tert-OH is 1. The standard InChI is InChI=1S/C27H26FN3O4.CH4/c1-18(32)25(27(34)31-35)30-26(33)23-13-11-20(12-14-23)6-5-19-7-9-21(10-8-19)16-29-17-22-3-2-4-24(28)15-22;/h2-4,7-15,18,25,29,32,35H,16-17H2,1H3,(H,30,33)(H,31,34);1H4/t18-,25+;/m1./s1. The van der Waals surface area contributed by atoms with E-state index < -0.39 is 24.0 Å². The van der Waals surface area contributed by atoms with Crippen molar-refractivity contribution >= 4 is 11.8 Å². The Morgan fingerprint density at radius 2 is 1.50 bits per heavy atom. The molecule has 0 saturated heterocycles. The number of hydroxylamine groups is 1. The monoisotopic (exact) mass is 491 g/mol. The first-order valence-electron chi connectivity index (χ1n) is 10.9. The molecule has 0 aliphatic rings. The molecule has 188 valence electrons. The van der Waals surface area contributed by atoms with Crippen LogP contribution in [0.4, 0.5) is 4.39 Å². The number of carbonyl (C=O) groups excluding carboxylic acids is 2. The average Bonchev–Trinajstić information content (AvgIpc) is 2.86. The van der Waals surface area contributed by atoms with Gasteiger partial charge in [0.1, 0.15) is 11.9 Å². The van der Waals surface area contributed by atoms with Gasteiger partial charge in [-0.05, 0) is 66.6 Å². The van der Waals surface area contributed by atoms with Crippen molar-refractivity contribution < 1.29 is 24.3 Å². The van der Waals surface area contributed by atoms with Crippen LogP contribution in [0.3, 0.4) is 0 Å². The molecule has 0 unspecified atom stereocenters. The highest BCUT2D eigenvalue weighted by Crippen LogP contribution is 2.08. The first-order valence-corrected chi connectivity index (χ1v) is 10.9. The van der Waals surface area contributed by atoms with E-state index in [4.69, 9.17) is 5.21 Å². The summed E-state index contributed by atoms with van der Waals surface area (Å²) < 4.78 is 13.2. The third kappa shape index (κ3) is 8.32. The zero-order valence-corrected chi connectivity index (χ0v) is 19.1. The Hall–Kier alpha value is -4.03. The van der Waals surface area contributed by atoms with Crippen molar-refractivity contribution in [3.05, 3.63) is 106 Å². The van der Waals surface area contributed by atoms with Crippen LogP contribution in [0.5, 0.6) is 0 Å². The van der Waals surface area contributed by atoms with Crippen LogP contribution in [0.15, 0.2) is 72.8 Å². The van der Waals surface area contributed by atoms with Gasteiger partial charge >= 0.3 is 0 Å². The Labute approximate surface area is 210 Å². The first kappa shape index (κ1) is 28.2. The summed E-state index contributed by atoms with van der Waals surface area (Å²) in [6.45, 7) is 2.54. The lowest BCUT2D eigenvalue weighted by molar-refractivity contribution is -0.133. The van der Waals surface area contributed by atoms with E-state index in [1.807, 2.05) is 30.3 Å². The fourth-order valence-corrected chi connectivity index (χ4v) is 3.25. The van der Waals surface area contributed by atoms with Crippen LogP contribution in [0, 0.1) is 17.7 Å². The van der Waals surface area contributed by atoms with Crippen LogP contribution in [-0.2, 0) is 17.9 Å². The van der Waals surface area contributed by atoms with Gasteiger partial charge in [-0.15, -0.1) is 0 Å². The van der Waals surface area contributed by atoms with Crippen molar-refractivity contribution in [2.24, 2.45) is 0 Å². The highest BCUT2D eigenvalue weighted by molar-refractivity contribution is 5.97. The van der Waals surface area contributed by atoms with Crippen molar-refractivity contribution in [1.82, 2.24) is 16.1 Å². The zero-order valence-electron chi connectivity index (χ0n) is 19.1. The number of aliphatic hydroxyl groups is 1. The number of rotatable bonds is 8. The van der Waals surface area contributed by atoms with E-state index >= 15 is 0 Å². The topological polar surface area (TPSA) is 111 Å². The van der Waals surface area contributed by atoms with Crippen LogP contribution in [-0.4, -0.2) is 34.3 Å². The molecular formula is C28H30FN3O4. The van der Waals surface area contributed by atoms with Gasteiger partial charge < -0.3 is 15.7 Å². The van der Waals surface area contributed by atoms with Gasteiger partial charge in [0.2, 0.25) is 0 Å². The lowest BCUT2D eigenvalue weighted by Gasteiger charge is -2.19. The molecule has 5 N–H and O–H groups in total. The third-order valence-corrected chi connectivity index (χ3v) is 5.16. The molecule has 2 amide bonds. The molecule has 0 aromatic heterocycles. The molecule has 2 atom stereocenters. The Morgan fingerprint density at radius 3 is 2.06 bits per heavy atom. The fourth-order valence-electron chi connectivity index (χ4n) is 3.25. The lowest BCUT2D eigenvalue weighted by atomic mass is 10.1. The van der Waals surface area contributed by atoms with Crippen LogP contribution >= 0.6 is 0 Å². The van der Waals surface area contributed by atoms with Crippen LogP contribution < -0.4 is 16.1 Å². The maximum absolute atomic E-state index is 13.2. The predicted octanol–water partition coefficient (Wildman–Crippen LogP) is 3.14. The van der Waals surface area contributed by atoms with Gasteiger partial charge in [0.15, 0.2) is 0 Å². The van der Waals surface area contributed by atoms with Gasteiger partial charge in [-0.3, -0.25) is 14.8 Å². The minimum absolute atomic E-state index is 0. The SMILES string of the molecule is C.C[C@@H](O)[C@H](NC(=O)c1ccc(C#Cc2ccc(CNCc3cccc(F)c3)cc2)cc1)C(=O)NO. The van der Waals surface area contributed by atoms with E-state index in [1.54, 1.807) is 30.3 Å². The molecule has 0 saturated carbocycles. The number of nitrogens with one attached hydrogen (secondary N) is 3. The molecule has 36 heavy (non-hydrogen) atoms. The quantitative estimate of drug-likeness (QED) is 0.189. The summed E-state index contributed by atoms with van der Waals surface area (Å²) in [5.74, 6) is 4.37. The summed E-state index contributed by atoms with van der Waals surface area (Å²) in [5.41, 5.74) is 5.18. The van der Waals surface area contributed by atoms with Gasteiger partial charge in [0.05, 0.1) is 6.10 Å². The van der Waals surface area contributed by atoms with Gasteiger partial charge in [-0.1, -0.05) is 43.5 Å². The number of benzene rings is 3. The molecule has 0 heterocycles. The number of carbonyl (C=O) groups is 2. The Morgan fingerprint density at radius 1 is 0.917 bits per heavy atom. The van der Waals surface area contributed by atoms with Gasteiger partial charge in [-0.2, -0.15) is 0 Å².